The predicted molar refractivity (Wildman–Crippen MR) is 119 cm³/mol. The van der Waals surface area contributed by atoms with E-state index in [0.717, 1.165) is 16.7 Å². The highest BCUT2D eigenvalue weighted by Gasteiger charge is 2.35. The highest BCUT2D eigenvalue weighted by atomic mass is 16.6. The minimum Gasteiger partial charge on any atom is -0.463 e. The number of amides is 3. The molecule has 2 aliphatic heterocycles. The lowest BCUT2D eigenvalue weighted by Crippen LogP contribution is -2.52. The van der Waals surface area contributed by atoms with Gasteiger partial charge in [0.05, 0.1) is 24.8 Å². The van der Waals surface area contributed by atoms with E-state index in [1.807, 2.05) is 32.0 Å². The van der Waals surface area contributed by atoms with E-state index in [9.17, 15) is 14.4 Å². The van der Waals surface area contributed by atoms with Gasteiger partial charge in [-0.15, -0.1) is 0 Å². The summed E-state index contributed by atoms with van der Waals surface area (Å²) in [6.07, 6.45) is -0.316. The lowest BCUT2D eigenvalue weighted by molar-refractivity contribution is -0.139. The average molecular weight is 445 g/mol. The van der Waals surface area contributed by atoms with Gasteiger partial charge in [0.1, 0.15) is 0 Å². The summed E-state index contributed by atoms with van der Waals surface area (Å²) in [6, 6.07) is 5.01. The molecule has 1 aromatic rings. The van der Waals surface area contributed by atoms with Crippen LogP contribution < -0.4 is 10.6 Å². The van der Waals surface area contributed by atoms with Crippen molar-refractivity contribution in [1.29, 1.82) is 0 Å². The third-order valence-electron chi connectivity index (χ3n) is 5.67. The number of carbonyl (C=O) groups is 3. The molecule has 1 saturated heterocycles. The lowest BCUT2D eigenvalue weighted by Gasteiger charge is -2.36. The van der Waals surface area contributed by atoms with E-state index in [4.69, 9.17) is 9.47 Å². The summed E-state index contributed by atoms with van der Waals surface area (Å²) >= 11 is 0. The number of esters is 1. The van der Waals surface area contributed by atoms with Gasteiger partial charge in [-0.05, 0) is 38.8 Å². The first-order chi connectivity index (χ1) is 15.3. The number of ether oxygens (including phenoxy) is 2. The van der Waals surface area contributed by atoms with Gasteiger partial charge in [0.25, 0.3) is 0 Å². The van der Waals surface area contributed by atoms with Crippen LogP contribution in [0.4, 0.5) is 9.59 Å². The molecule has 0 radical (unpaired) electrons. The van der Waals surface area contributed by atoms with Crippen LogP contribution in [0.3, 0.4) is 0 Å². The van der Waals surface area contributed by atoms with Crippen LogP contribution in [-0.2, 0) is 14.3 Å². The first-order valence-electron chi connectivity index (χ1n) is 11.0. The Morgan fingerprint density at radius 2 is 1.75 bits per heavy atom. The number of piperazine rings is 1. The van der Waals surface area contributed by atoms with E-state index in [-0.39, 0.29) is 18.7 Å². The molecule has 1 unspecified atom stereocenters. The molecule has 0 spiro atoms. The van der Waals surface area contributed by atoms with Crippen molar-refractivity contribution < 1.29 is 23.9 Å². The van der Waals surface area contributed by atoms with Crippen molar-refractivity contribution in [2.45, 2.75) is 33.7 Å². The molecule has 1 fully saturated rings. The Kier molecular flexibility index (Phi) is 7.74. The molecular weight excluding hydrogens is 412 g/mol. The maximum atomic E-state index is 13.0. The van der Waals surface area contributed by atoms with Crippen molar-refractivity contribution in [1.82, 2.24) is 20.4 Å². The second kappa shape index (κ2) is 10.5. The minimum atomic E-state index is -0.599. The SMILES string of the molecule is CCOC(=O)C1=C(CN2CCN(C(=O)OCC)CC2)NC(=O)NC1c1cc(C)ccc1C. The van der Waals surface area contributed by atoms with Gasteiger partial charge >= 0.3 is 18.1 Å². The van der Waals surface area contributed by atoms with Crippen LogP contribution in [0.2, 0.25) is 0 Å². The standard InChI is InChI=1S/C23H32N4O5/c1-5-31-21(28)19-18(14-26-9-11-27(12-10-26)23(30)32-6-2)24-22(29)25-20(19)17-13-15(3)7-8-16(17)4/h7-8,13,20H,5-6,9-12,14H2,1-4H3,(H2,24,25,29). The number of rotatable bonds is 6. The number of hydrogen-bond donors (Lipinski definition) is 2. The van der Waals surface area contributed by atoms with Gasteiger partial charge in [0.15, 0.2) is 0 Å². The number of carbonyl (C=O) groups excluding carboxylic acids is 3. The summed E-state index contributed by atoms with van der Waals surface area (Å²) in [6.45, 7) is 10.7. The van der Waals surface area contributed by atoms with E-state index in [2.05, 4.69) is 15.5 Å². The molecule has 0 saturated carbocycles. The van der Waals surface area contributed by atoms with Crippen molar-refractivity contribution in [2.24, 2.45) is 0 Å². The summed E-state index contributed by atoms with van der Waals surface area (Å²) in [4.78, 5) is 41.3. The van der Waals surface area contributed by atoms with Gasteiger partial charge in [0.2, 0.25) is 0 Å². The van der Waals surface area contributed by atoms with Crippen molar-refractivity contribution in [2.75, 3.05) is 45.9 Å². The number of urea groups is 1. The van der Waals surface area contributed by atoms with E-state index in [0.29, 0.717) is 50.6 Å². The number of aryl methyl sites for hydroxylation is 2. The Labute approximate surface area is 188 Å². The molecule has 9 nitrogen and oxygen atoms in total. The fourth-order valence-corrected chi connectivity index (χ4v) is 4.02. The van der Waals surface area contributed by atoms with Gasteiger partial charge < -0.3 is 25.0 Å². The monoisotopic (exact) mass is 444 g/mol. The fourth-order valence-electron chi connectivity index (χ4n) is 4.02. The van der Waals surface area contributed by atoms with Crippen LogP contribution in [0.1, 0.15) is 36.6 Å². The molecule has 3 rings (SSSR count). The van der Waals surface area contributed by atoms with E-state index < -0.39 is 12.0 Å². The Balaban J connectivity index is 1.88. The van der Waals surface area contributed by atoms with Gasteiger partial charge in [-0.3, -0.25) is 4.90 Å². The molecule has 2 heterocycles. The Morgan fingerprint density at radius 3 is 2.41 bits per heavy atom. The first kappa shape index (κ1) is 23.6. The molecule has 9 heteroatoms. The molecule has 1 aromatic carbocycles. The van der Waals surface area contributed by atoms with Gasteiger partial charge in [-0.2, -0.15) is 0 Å². The molecular formula is C23H32N4O5. The molecule has 32 heavy (non-hydrogen) atoms. The van der Waals surface area contributed by atoms with Gasteiger partial charge in [-0.25, -0.2) is 14.4 Å². The topological polar surface area (TPSA) is 100 Å². The third kappa shape index (κ3) is 5.40. The predicted octanol–water partition coefficient (Wildman–Crippen LogP) is 2.25. The van der Waals surface area contributed by atoms with E-state index in [1.54, 1.807) is 18.7 Å². The van der Waals surface area contributed by atoms with Gasteiger partial charge in [-0.1, -0.05) is 23.8 Å². The normalized spacial score (nSPS) is 19.3. The zero-order chi connectivity index (χ0) is 23.3. The zero-order valence-corrected chi connectivity index (χ0v) is 19.2. The molecule has 174 valence electrons. The molecule has 2 aliphatic rings. The Hall–Kier alpha value is -3.07. The largest absolute Gasteiger partial charge is 0.463 e. The number of nitrogens with zero attached hydrogens (tertiary/aromatic N) is 2. The second-order valence-electron chi connectivity index (χ2n) is 7.97. The average Bonchev–Trinajstić information content (AvgIpc) is 2.76. The van der Waals surface area contributed by atoms with Crippen LogP contribution >= 0.6 is 0 Å². The van der Waals surface area contributed by atoms with E-state index in [1.165, 1.54) is 0 Å². The van der Waals surface area contributed by atoms with Crippen molar-refractivity contribution in [3.8, 4) is 0 Å². The maximum absolute atomic E-state index is 13.0. The lowest BCUT2D eigenvalue weighted by atomic mass is 9.91. The van der Waals surface area contributed by atoms with Crippen LogP contribution in [0.5, 0.6) is 0 Å². The van der Waals surface area contributed by atoms with Gasteiger partial charge in [0, 0.05) is 38.4 Å². The van der Waals surface area contributed by atoms with Crippen molar-refractivity contribution >= 4 is 18.1 Å². The van der Waals surface area contributed by atoms with Crippen LogP contribution in [-0.4, -0.2) is 73.8 Å². The van der Waals surface area contributed by atoms with Crippen LogP contribution in [0.15, 0.2) is 29.5 Å². The number of benzene rings is 1. The molecule has 3 amide bonds. The third-order valence-corrected chi connectivity index (χ3v) is 5.67. The summed E-state index contributed by atoms with van der Waals surface area (Å²) < 4.78 is 10.4. The summed E-state index contributed by atoms with van der Waals surface area (Å²) in [5.74, 6) is -0.453. The highest BCUT2D eigenvalue weighted by Crippen LogP contribution is 2.31. The molecule has 1 atom stereocenters. The summed E-state index contributed by atoms with van der Waals surface area (Å²) in [5, 5.41) is 5.72. The highest BCUT2D eigenvalue weighted by molar-refractivity contribution is 5.95. The molecule has 0 bridgehead atoms. The zero-order valence-electron chi connectivity index (χ0n) is 19.2. The van der Waals surface area contributed by atoms with E-state index >= 15 is 0 Å². The smallest absolute Gasteiger partial charge is 0.409 e. The quantitative estimate of drug-likeness (QED) is 0.653. The molecule has 2 N–H and O–H groups in total. The van der Waals surface area contributed by atoms with Crippen LogP contribution in [0.25, 0.3) is 0 Å². The number of hydrogen-bond acceptors (Lipinski definition) is 6. The first-order valence-corrected chi connectivity index (χ1v) is 11.0. The second-order valence-corrected chi connectivity index (χ2v) is 7.97. The molecule has 0 aromatic heterocycles. The number of nitrogens with one attached hydrogen (secondary N) is 2. The van der Waals surface area contributed by atoms with Crippen molar-refractivity contribution in [3.05, 3.63) is 46.2 Å². The van der Waals surface area contributed by atoms with Crippen molar-refractivity contribution in [3.63, 3.8) is 0 Å². The fraction of sp³-hybridized carbons (Fsp3) is 0.522. The Bertz CT molecular complexity index is 906. The summed E-state index contributed by atoms with van der Waals surface area (Å²) in [5.41, 5.74) is 3.83. The Morgan fingerprint density at radius 1 is 1.06 bits per heavy atom. The maximum Gasteiger partial charge on any atom is 0.409 e. The summed E-state index contributed by atoms with van der Waals surface area (Å²) in [7, 11) is 0. The van der Waals surface area contributed by atoms with Crippen LogP contribution in [0, 0.1) is 13.8 Å². The molecule has 0 aliphatic carbocycles. The minimum absolute atomic E-state index is 0.237.